The molecule has 1 unspecified atom stereocenters. The maximum Gasteiger partial charge on any atom is 0.251 e. The molecule has 1 aromatic heterocycles. The van der Waals surface area contributed by atoms with E-state index in [1.165, 1.54) is 14.2 Å². The predicted molar refractivity (Wildman–Crippen MR) is 117 cm³/mol. The normalized spacial score (nSPS) is 16.2. The van der Waals surface area contributed by atoms with Crippen molar-refractivity contribution in [2.45, 2.75) is 18.8 Å². The molecule has 4 rings (SSSR count). The monoisotopic (exact) mass is 422 g/mol. The van der Waals surface area contributed by atoms with Crippen LogP contribution in [-0.2, 0) is 4.79 Å². The maximum absolute atomic E-state index is 12.7. The fourth-order valence-corrected chi connectivity index (χ4v) is 3.94. The Morgan fingerprint density at radius 3 is 2.74 bits per heavy atom. The summed E-state index contributed by atoms with van der Waals surface area (Å²) in [4.78, 5) is 35.1. The SMILES string of the molecule is COc1ccc(C(=O)NCC(=O)N2CCCC(c3nc4ccccc4[nH]3)C2)cc1OC. The number of H-pyrrole nitrogens is 1. The molecule has 3 aromatic rings. The number of imidazole rings is 1. The van der Waals surface area contributed by atoms with Gasteiger partial charge in [0.15, 0.2) is 11.5 Å². The Morgan fingerprint density at radius 1 is 1.16 bits per heavy atom. The number of hydrogen-bond donors (Lipinski definition) is 2. The summed E-state index contributed by atoms with van der Waals surface area (Å²) in [5, 5.41) is 2.71. The third-order valence-corrected chi connectivity index (χ3v) is 5.61. The standard InChI is InChI=1S/C23H26N4O4/c1-30-19-10-9-15(12-20(19)31-2)23(29)24-13-21(28)27-11-5-6-16(14-27)22-25-17-7-3-4-8-18(17)26-22/h3-4,7-10,12,16H,5-6,11,13-14H2,1-2H3,(H,24,29)(H,25,26). The number of carbonyl (C=O) groups is 2. The van der Waals surface area contributed by atoms with Crippen LogP contribution < -0.4 is 14.8 Å². The van der Waals surface area contributed by atoms with Gasteiger partial charge in [0, 0.05) is 24.6 Å². The number of benzene rings is 2. The van der Waals surface area contributed by atoms with Crippen LogP contribution in [0.15, 0.2) is 42.5 Å². The van der Waals surface area contributed by atoms with Gasteiger partial charge in [-0.05, 0) is 43.2 Å². The molecule has 1 aliphatic heterocycles. The molecule has 0 radical (unpaired) electrons. The van der Waals surface area contributed by atoms with Crippen molar-refractivity contribution in [1.82, 2.24) is 20.2 Å². The van der Waals surface area contributed by atoms with Crippen molar-refractivity contribution in [3.8, 4) is 11.5 Å². The quantitative estimate of drug-likeness (QED) is 0.637. The lowest BCUT2D eigenvalue weighted by Crippen LogP contribution is -2.44. The molecule has 2 amide bonds. The van der Waals surface area contributed by atoms with E-state index in [0.717, 1.165) is 29.7 Å². The maximum atomic E-state index is 12.7. The van der Waals surface area contributed by atoms with Crippen LogP contribution in [0.2, 0.25) is 0 Å². The van der Waals surface area contributed by atoms with E-state index in [-0.39, 0.29) is 24.3 Å². The minimum absolute atomic E-state index is 0.0555. The van der Waals surface area contributed by atoms with Gasteiger partial charge in [0.1, 0.15) is 5.82 Å². The number of amides is 2. The molecule has 2 heterocycles. The minimum Gasteiger partial charge on any atom is -0.493 e. The highest BCUT2D eigenvalue weighted by Gasteiger charge is 2.27. The van der Waals surface area contributed by atoms with Crippen LogP contribution in [0.5, 0.6) is 11.5 Å². The molecule has 162 valence electrons. The van der Waals surface area contributed by atoms with Crippen LogP contribution in [-0.4, -0.2) is 60.5 Å². The zero-order valence-corrected chi connectivity index (χ0v) is 17.7. The molecular weight excluding hydrogens is 396 g/mol. The summed E-state index contributed by atoms with van der Waals surface area (Å²) in [6.45, 7) is 1.21. The number of nitrogens with one attached hydrogen (secondary N) is 2. The molecule has 1 fully saturated rings. The number of aromatic nitrogens is 2. The molecule has 31 heavy (non-hydrogen) atoms. The number of ether oxygens (including phenoxy) is 2. The number of para-hydroxylation sites is 2. The Hall–Kier alpha value is -3.55. The van der Waals surface area contributed by atoms with Gasteiger partial charge in [-0.3, -0.25) is 9.59 Å². The molecule has 1 saturated heterocycles. The van der Waals surface area contributed by atoms with Crippen molar-refractivity contribution >= 4 is 22.8 Å². The Morgan fingerprint density at radius 2 is 1.97 bits per heavy atom. The second-order valence-electron chi connectivity index (χ2n) is 7.57. The fourth-order valence-electron chi connectivity index (χ4n) is 3.94. The number of likely N-dealkylation sites (tertiary alicyclic amines) is 1. The summed E-state index contributed by atoms with van der Waals surface area (Å²) in [6.07, 6.45) is 1.87. The first-order valence-corrected chi connectivity index (χ1v) is 10.3. The number of methoxy groups -OCH3 is 2. The number of rotatable bonds is 6. The van der Waals surface area contributed by atoms with Crippen molar-refractivity contribution in [2.24, 2.45) is 0 Å². The highest BCUT2D eigenvalue weighted by atomic mass is 16.5. The van der Waals surface area contributed by atoms with Gasteiger partial charge in [-0.15, -0.1) is 0 Å². The number of nitrogens with zero attached hydrogens (tertiary/aromatic N) is 2. The molecule has 1 aliphatic rings. The van der Waals surface area contributed by atoms with Gasteiger partial charge in [0.05, 0.1) is 31.8 Å². The number of carbonyl (C=O) groups excluding carboxylic acids is 2. The average molecular weight is 422 g/mol. The summed E-state index contributed by atoms with van der Waals surface area (Å²) in [5.41, 5.74) is 2.34. The lowest BCUT2D eigenvalue weighted by molar-refractivity contribution is -0.131. The van der Waals surface area contributed by atoms with Crippen molar-refractivity contribution in [3.63, 3.8) is 0 Å². The topological polar surface area (TPSA) is 96.5 Å². The van der Waals surface area contributed by atoms with Crippen LogP contribution in [0.3, 0.4) is 0 Å². The molecule has 0 aliphatic carbocycles. The first-order valence-electron chi connectivity index (χ1n) is 10.3. The highest BCUT2D eigenvalue weighted by Crippen LogP contribution is 2.28. The summed E-state index contributed by atoms with van der Waals surface area (Å²) in [6, 6.07) is 12.8. The second-order valence-corrected chi connectivity index (χ2v) is 7.57. The number of piperidine rings is 1. The Balaban J connectivity index is 1.36. The summed E-state index contributed by atoms with van der Waals surface area (Å²) < 4.78 is 10.4. The average Bonchev–Trinajstić information content (AvgIpc) is 3.26. The zero-order chi connectivity index (χ0) is 21.8. The van der Waals surface area contributed by atoms with E-state index in [4.69, 9.17) is 9.47 Å². The van der Waals surface area contributed by atoms with Crippen molar-refractivity contribution in [3.05, 3.63) is 53.9 Å². The Kier molecular flexibility index (Phi) is 6.06. The van der Waals surface area contributed by atoms with E-state index in [9.17, 15) is 9.59 Å². The summed E-state index contributed by atoms with van der Waals surface area (Å²) >= 11 is 0. The number of hydrogen-bond acceptors (Lipinski definition) is 5. The Bertz CT molecular complexity index is 1060. The zero-order valence-electron chi connectivity index (χ0n) is 17.7. The van der Waals surface area contributed by atoms with E-state index in [0.29, 0.717) is 30.2 Å². The van der Waals surface area contributed by atoms with E-state index in [1.54, 1.807) is 23.1 Å². The fraction of sp³-hybridized carbons (Fsp3) is 0.348. The van der Waals surface area contributed by atoms with E-state index in [2.05, 4.69) is 15.3 Å². The lowest BCUT2D eigenvalue weighted by Gasteiger charge is -2.32. The first kappa shape index (κ1) is 20.7. The van der Waals surface area contributed by atoms with Gasteiger partial charge in [-0.25, -0.2) is 4.98 Å². The number of aromatic amines is 1. The van der Waals surface area contributed by atoms with Crippen molar-refractivity contribution in [2.75, 3.05) is 33.9 Å². The van der Waals surface area contributed by atoms with Crippen molar-refractivity contribution < 1.29 is 19.1 Å². The van der Waals surface area contributed by atoms with Crippen LogP contribution in [0.1, 0.15) is 34.9 Å². The van der Waals surface area contributed by atoms with Crippen molar-refractivity contribution in [1.29, 1.82) is 0 Å². The molecule has 0 saturated carbocycles. The predicted octanol–water partition coefficient (Wildman–Crippen LogP) is 2.72. The van der Waals surface area contributed by atoms with Gasteiger partial charge < -0.3 is 24.7 Å². The van der Waals surface area contributed by atoms with Crippen LogP contribution >= 0.6 is 0 Å². The highest BCUT2D eigenvalue weighted by molar-refractivity contribution is 5.97. The van der Waals surface area contributed by atoms with Crippen LogP contribution in [0, 0.1) is 0 Å². The van der Waals surface area contributed by atoms with E-state index >= 15 is 0 Å². The largest absolute Gasteiger partial charge is 0.493 e. The molecule has 0 spiro atoms. The molecule has 1 atom stereocenters. The molecule has 8 heteroatoms. The molecular formula is C23H26N4O4. The third-order valence-electron chi connectivity index (χ3n) is 5.61. The Labute approximate surface area is 180 Å². The smallest absolute Gasteiger partial charge is 0.251 e. The lowest BCUT2D eigenvalue weighted by atomic mass is 9.97. The minimum atomic E-state index is -0.333. The molecule has 2 aromatic carbocycles. The molecule has 0 bridgehead atoms. The van der Waals surface area contributed by atoms with Gasteiger partial charge in [-0.2, -0.15) is 0 Å². The number of fused-ring (bicyclic) bond motifs is 1. The second kappa shape index (κ2) is 9.07. The van der Waals surface area contributed by atoms with Gasteiger partial charge in [0.2, 0.25) is 5.91 Å². The molecule has 8 nitrogen and oxygen atoms in total. The van der Waals surface area contributed by atoms with Gasteiger partial charge >= 0.3 is 0 Å². The summed E-state index contributed by atoms with van der Waals surface area (Å²) in [5.74, 6) is 1.64. The van der Waals surface area contributed by atoms with Crippen LogP contribution in [0.25, 0.3) is 11.0 Å². The molecule has 2 N–H and O–H groups in total. The van der Waals surface area contributed by atoms with Crippen LogP contribution in [0.4, 0.5) is 0 Å². The van der Waals surface area contributed by atoms with Gasteiger partial charge in [-0.1, -0.05) is 12.1 Å². The third kappa shape index (κ3) is 4.47. The van der Waals surface area contributed by atoms with Gasteiger partial charge in [0.25, 0.3) is 5.91 Å². The van der Waals surface area contributed by atoms with E-state index < -0.39 is 0 Å². The first-order chi connectivity index (χ1) is 15.1. The van der Waals surface area contributed by atoms with E-state index in [1.807, 2.05) is 24.3 Å². The summed E-state index contributed by atoms with van der Waals surface area (Å²) in [7, 11) is 3.05.